The first-order chi connectivity index (χ1) is 8.05. The number of nitrogens with zero attached hydrogens (tertiary/aromatic N) is 1. The SMILES string of the molecule is CCCCCNC(=NCC(C)(C)SC)NCC. The van der Waals surface area contributed by atoms with E-state index in [4.69, 9.17) is 0 Å². The molecule has 0 aromatic carbocycles. The van der Waals surface area contributed by atoms with Crippen molar-refractivity contribution in [2.24, 2.45) is 4.99 Å². The molecule has 0 spiro atoms. The molecule has 0 aliphatic heterocycles. The van der Waals surface area contributed by atoms with Gasteiger partial charge in [0.1, 0.15) is 0 Å². The van der Waals surface area contributed by atoms with E-state index in [0.717, 1.165) is 25.6 Å². The van der Waals surface area contributed by atoms with E-state index in [-0.39, 0.29) is 4.75 Å². The molecular formula is C13H29N3S. The Balaban J connectivity index is 4.07. The van der Waals surface area contributed by atoms with Gasteiger partial charge in [-0.25, -0.2) is 0 Å². The Morgan fingerprint density at radius 1 is 1.18 bits per heavy atom. The van der Waals surface area contributed by atoms with Crippen molar-refractivity contribution >= 4 is 17.7 Å². The Morgan fingerprint density at radius 2 is 1.88 bits per heavy atom. The summed E-state index contributed by atoms with van der Waals surface area (Å²) in [5.41, 5.74) is 0. The average molecular weight is 259 g/mol. The van der Waals surface area contributed by atoms with Crippen LogP contribution in [0.15, 0.2) is 4.99 Å². The highest BCUT2D eigenvalue weighted by Crippen LogP contribution is 2.20. The fourth-order valence-electron chi connectivity index (χ4n) is 1.26. The Labute approximate surface area is 111 Å². The zero-order valence-electron chi connectivity index (χ0n) is 12.1. The molecule has 0 fully saturated rings. The molecule has 0 aromatic heterocycles. The van der Waals surface area contributed by atoms with Gasteiger partial charge in [0, 0.05) is 17.8 Å². The number of rotatable bonds is 8. The number of thioether (sulfide) groups is 1. The van der Waals surface area contributed by atoms with Crippen molar-refractivity contribution in [1.29, 1.82) is 0 Å². The van der Waals surface area contributed by atoms with Gasteiger partial charge in [-0.05, 0) is 33.4 Å². The number of hydrogen-bond acceptors (Lipinski definition) is 2. The maximum atomic E-state index is 4.63. The summed E-state index contributed by atoms with van der Waals surface area (Å²) >= 11 is 1.86. The zero-order valence-corrected chi connectivity index (χ0v) is 12.9. The highest BCUT2D eigenvalue weighted by atomic mass is 32.2. The Bertz CT molecular complexity index is 215. The first kappa shape index (κ1) is 16.6. The molecular weight excluding hydrogens is 230 g/mol. The summed E-state index contributed by atoms with van der Waals surface area (Å²) in [7, 11) is 0. The molecule has 0 aliphatic carbocycles. The van der Waals surface area contributed by atoms with Gasteiger partial charge in [0.2, 0.25) is 0 Å². The number of unbranched alkanes of at least 4 members (excludes halogenated alkanes) is 2. The molecule has 0 bridgehead atoms. The maximum Gasteiger partial charge on any atom is 0.191 e. The van der Waals surface area contributed by atoms with Gasteiger partial charge in [-0.1, -0.05) is 19.8 Å². The van der Waals surface area contributed by atoms with E-state index in [1.54, 1.807) is 0 Å². The van der Waals surface area contributed by atoms with E-state index in [1.165, 1.54) is 19.3 Å². The first-order valence-electron chi connectivity index (χ1n) is 6.63. The second-order valence-electron chi connectivity index (χ2n) is 4.79. The third-order valence-corrected chi connectivity index (χ3v) is 3.82. The number of aliphatic imine (C=N–C) groups is 1. The lowest BCUT2D eigenvalue weighted by molar-refractivity contribution is 0.674. The monoisotopic (exact) mass is 259 g/mol. The molecule has 0 unspecified atom stereocenters. The number of nitrogens with one attached hydrogen (secondary N) is 2. The fourth-order valence-corrected chi connectivity index (χ4v) is 1.45. The molecule has 0 radical (unpaired) electrons. The van der Waals surface area contributed by atoms with Crippen molar-refractivity contribution in [3.05, 3.63) is 0 Å². The molecule has 0 aliphatic rings. The van der Waals surface area contributed by atoms with Crippen molar-refractivity contribution < 1.29 is 0 Å². The molecule has 0 aromatic rings. The quantitative estimate of drug-likeness (QED) is 0.400. The lowest BCUT2D eigenvalue weighted by atomic mass is 10.2. The molecule has 0 atom stereocenters. The normalized spacial score (nSPS) is 12.6. The predicted molar refractivity (Wildman–Crippen MR) is 81.1 cm³/mol. The van der Waals surface area contributed by atoms with Crippen LogP contribution in [0, 0.1) is 0 Å². The summed E-state index contributed by atoms with van der Waals surface area (Å²) in [6.45, 7) is 11.5. The lowest BCUT2D eigenvalue weighted by Gasteiger charge is -2.20. The fraction of sp³-hybridized carbons (Fsp3) is 0.923. The largest absolute Gasteiger partial charge is 0.357 e. The summed E-state index contributed by atoms with van der Waals surface area (Å²) in [4.78, 5) is 4.63. The minimum absolute atomic E-state index is 0.214. The van der Waals surface area contributed by atoms with Crippen LogP contribution in [0.4, 0.5) is 0 Å². The summed E-state index contributed by atoms with van der Waals surface area (Å²) in [5.74, 6) is 0.950. The average Bonchev–Trinajstić information content (AvgIpc) is 2.31. The molecule has 102 valence electrons. The minimum Gasteiger partial charge on any atom is -0.357 e. The number of guanidine groups is 1. The summed E-state index contributed by atoms with van der Waals surface area (Å²) < 4.78 is 0.214. The summed E-state index contributed by atoms with van der Waals surface area (Å²) in [5, 5.41) is 6.67. The summed E-state index contributed by atoms with van der Waals surface area (Å²) in [6, 6.07) is 0. The zero-order chi connectivity index (χ0) is 13.1. The standard InChI is InChI=1S/C13H29N3S/c1-6-8-9-10-15-12(14-7-2)16-11-13(3,4)17-5/h6-11H2,1-5H3,(H2,14,15,16). The van der Waals surface area contributed by atoms with Crippen molar-refractivity contribution in [2.45, 2.75) is 51.7 Å². The van der Waals surface area contributed by atoms with Crippen molar-refractivity contribution in [2.75, 3.05) is 25.9 Å². The van der Waals surface area contributed by atoms with E-state index in [0.29, 0.717) is 0 Å². The van der Waals surface area contributed by atoms with Crippen LogP contribution < -0.4 is 10.6 Å². The molecule has 0 saturated carbocycles. The van der Waals surface area contributed by atoms with Crippen LogP contribution in [0.3, 0.4) is 0 Å². The van der Waals surface area contributed by atoms with Gasteiger partial charge in [-0.15, -0.1) is 0 Å². The van der Waals surface area contributed by atoms with Gasteiger partial charge < -0.3 is 10.6 Å². The second kappa shape index (κ2) is 9.63. The smallest absolute Gasteiger partial charge is 0.191 e. The highest BCUT2D eigenvalue weighted by Gasteiger charge is 2.15. The molecule has 17 heavy (non-hydrogen) atoms. The molecule has 0 heterocycles. The van der Waals surface area contributed by atoms with E-state index in [2.05, 4.69) is 49.6 Å². The van der Waals surface area contributed by atoms with Gasteiger partial charge in [-0.3, -0.25) is 4.99 Å². The highest BCUT2D eigenvalue weighted by molar-refractivity contribution is 7.99. The maximum absolute atomic E-state index is 4.63. The van der Waals surface area contributed by atoms with Crippen molar-refractivity contribution in [3.8, 4) is 0 Å². The lowest BCUT2D eigenvalue weighted by Crippen LogP contribution is -2.38. The van der Waals surface area contributed by atoms with Gasteiger partial charge in [0.25, 0.3) is 0 Å². The van der Waals surface area contributed by atoms with Crippen LogP contribution in [-0.4, -0.2) is 36.6 Å². The van der Waals surface area contributed by atoms with Crippen LogP contribution in [0.2, 0.25) is 0 Å². The Kier molecular flexibility index (Phi) is 9.41. The van der Waals surface area contributed by atoms with E-state index < -0.39 is 0 Å². The van der Waals surface area contributed by atoms with E-state index >= 15 is 0 Å². The van der Waals surface area contributed by atoms with Gasteiger partial charge in [0.05, 0.1) is 6.54 Å². The van der Waals surface area contributed by atoms with E-state index in [9.17, 15) is 0 Å². The predicted octanol–water partition coefficient (Wildman–Crippen LogP) is 2.87. The minimum atomic E-state index is 0.214. The Morgan fingerprint density at radius 3 is 2.41 bits per heavy atom. The van der Waals surface area contributed by atoms with Gasteiger partial charge >= 0.3 is 0 Å². The number of hydrogen-bond donors (Lipinski definition) is 2. The van der Waals surface area contributed by atoms with Crippen LogP contribution in [-0.2, 0) is 0 Å². The Hall–Kier alpha value is -0.380. The van der Waals surface area contributed by atoms with Crippen molar-refractivity contribution in [3.63, 3.8) is 0 Å². The summed E-state index contributed by atoms with van der Waals surface area (Å²) in [6.07, 6.45) is 5.89. The first-order valence-corrected chi connectivity index (χ1v) is 7.85. The van der Waals surface area contributed by atoms with Crippen LogP contribution >= 0.6 is 11.8 Å². The third kappa shape index (κ3) is 9.33. The molecule has 2 N–H and O–H groups in total. The molecule has 0 saturated heterocycles. The molecule has 0 amide bonds. The molecule has 4 heteroatoms. The third-order valence-electron chi connectivity index (χ3n) is 2.59. The van der Waals surface area contributed by atoms with Crippen LogP contribution in [0.25, 0.3) is 0 Å². The van der Waals surface area contributed by atoms with Crippen LogP contribution in [0.1, 0.15) is 47.0 Å². The van der Waals surface area contributed by atoms with Crippen LogP contribution in [0.5, 0.6) is 0 Å². The molecule has 0 rings (SSSR count). The molecule has 3 nitrogen and oxygen atoms in total. The van der Waals surface area contributed by atoms with Gasteiger partial charge in [-0.2, -0.15) is 11.8 Å². The topological polar surface area (TPSA) is 36.4 Å². The second-order valence-corrected chi connectivity index (χ2v) is 6.31. The van der Waals surface area contributed by atoms with Gasteiger partial charge in [0.15, 0.2) is 5.96 Å². The van der Waals surface area contributed by atoms with E-state index in [1.807, 2.05) is 11.8 Å². The van der Waals surface area contributed by atoms with Crippen molar-refractivity contribution in [1.82, 2.24) is 10.6 Å².